The lowest BCUT2D eigenvalue weighted by atomic mass is 9.83. The van der Waals surface area contributed by atoms with Gasteiger partial charge in [0.15, 0.2) is 6.23 Å². The minimum absolute atomic E-state index is 0.212. The number of ether oxygens (including phenoxy) is 1. The van der Waals surface area contributed by atoms with E-state index >= 15 is 0 Å². The van der Waals surface area contributed by atoms with Gasteiger partial charge in [-0.3, -0.25) is 5.43 Å². The van der Waals surface area contributed by atoms with Crippen molar-refractivity contribution in [3.8, 4) is 0 Å². The number of hydrazone groups is 1. The molecule has 72 valence electrons. The molecule has 0 aromatic carbocycles. The molecule has 1 heterocycles. The van der Waals surface area contributed by atoms with Gasteiger partial charge in [0.25, 0.3) is 0 Å². The first kappa shape index (κ1) is 7.65. The van der Waals surface area contributed by atoms with Crippen LogP contribution in [-0.2, 0) is 4.74 Å². The predicted octanol–water partition coefficient (Wildman–Crippen LogP) is 1.85. The van der Waals surface area contributed by atoms with Crippen LogP contribution in [0, 0.1) is 11.8 Å². The molecule has 13 heavy (non-hydrogen) atoms. The second-order valence-electron chi connectivity index (χ2n) is 4.44. The van der Waals surface area contributed by atoms with Crippen LogP contribution in [0.2, 0.25) is 0 Å². The molecule has 2 saturated carbocycles. The van der Waals surface area contributed by atoms with E-state index < -0.39 is 0 Å². The van der Waals surface area contributed by atoms with Crippen molar-refractivity contribution in [1.29, 1.82) is 0 Å². The first-order chi connectivity index (χ1) is 6.43. The van der Waals surface area contributed by atoms with Gasteiger partial charge in [0.1, 0.15) is 0 Å². The summed E-state index contributed by atoms with van der Waals surface area (Å²) < 4.78 is 5.81. The number of nitrogens with one attached hydrogen (secondary N) is 1. The van der Waals surface area contributed by atoms with E-state index in [1.165, 1.54) is 38.5 Å². The van der Waals surface area contributed by atoms with Crippen molar-refractivity contribution in [2.24, 2.45) is 16.9 Å². The van der Waals surface area contributed by atoms with Crippen LogP contribution >= 0.6 is 0 Å². The fraction of sp³-hybridized carbons (Fsp3) is 0.900. The lowest BCUT2D eigenvalue weighted by molar-refractivity contribution is 0.0617. The summed E-state index contributed by atoms with van der Waals surface area (Å²) in [5, 5.41) is 4.29. The van der Waals surface area contributed by atoms with Gasteiger partial charge in [-0.15, -0.1) is 5.10 Å². The highest BCUT2D eigenvalue weighted by Crippen LogP contribution is 2.35. The first-order valence-electron chi connectivity index (χ1n) is 5.43. The van der Waals surface area contributed by atoms with Gasteiger partial charge in [-0.1, -0.05) is 12.8 Å². The zero-order valence-corrected chi connectivity index (χ0v) is 7.83. The van der Waals surface area contributed by atoms with Crippen molar-refractivity contribution in [3.05, 3.63) is 0 Å². The summed E-state index contributed by atoms with van der Waals surface area (Å²) in [6.45, 7) is 0. The topological polar surface area (TPSA) is 33.6 Å². The van der Waals surface area contributed by atoms with Crippen LogP contribution in [0.5, 0.6) is 0 Å². The highest BCUT2D eigenvalue weighted by Gasteiger charge is 2.36. The Labute approximate surface area is 78.5 Å². The largest absolute Gasteiger partial charge is 0.454 e. The molecule has 1 N–H and O–H groups in total. The molecule has 1 aliphatic heterocycles. The third-order valence-corrected chi connectivity index (χ3v) is 3.58. The van der Waals surface area contributed by atoms with Crippen LogP contribution < -0.4 is 5.43 Å². The Hall–Kier alpha value is -0.730. The van der Waals surface area contributed by atoms with Gasteiger partial charge < -0.3 is 4.74 Å². The third-order valence-electron chi connectivity index (χ3n) is 3.58. The molecule has 0 aromatic rings. The van der Waals surface area contributed by atoms with E-state index in [0.29, 0.717) is 5.92 Å². The smallest absolute Gasteiger partial charge is 0.211 e. The molecule has 2 fully saturated rings. The SMILES string of the molecule is C1CC(C2=NNC(C3CCC3)O2)C1. The Morgan fingerprint density at radius 1 is 1.15 bits per heavy atom. The highest BCUT2D eigenvalue weighted by molar-refractivity contribution is 5.80. The van der Waals surface area contributed by atoms with Crippen molar-refractivity contribution in [3.63, 3.8) is 0 Å². The molecule has 2 aliphatic carbocycles. The van der Waals surface area contributed by atoms with Crippen LogP contribution in [-0.4, -0.2) is 12.1 Å². The van der Waals surface area contributed by atoms with E-state index in [9.17, 15) is 0 Å². The Balaban J connectivity index is 1.56. The van der Waals surface area contributed by atoms with Gasteiger partial charge in [0.2, 0.25) is 5.90 Å². The van der Waals surface area contributed by atoms with Gasteiger partial charge >= 0.3 is 0 Å². The van der Waals surface area contributed by atoms with E-state index in [0.717, 1.165) is 11.8 Å². The van der Waals surface area contributed by atoms with Gasteiger partial charge in [-0.25, -0.2) is 0 Å². The zero-order chi connectivity index (χ0) is 8.67. The average molecular weight is 180 g/mol. The monoisotopic (exact) mass is 180 g/mol. The number of hydrogen-bond donors (Lipinski definition) is 1. The lowest BCUT2D eigenvalue weighted by Gasteiger charge is -2.31. The summed E-state index contributed by atoms with van der Waals surface area (Å²) in [5.74, 6) is 2.35. The fourth-order valence-corrected chi connectivity index (χ4v) is 2.10. The molecule has 3 aliphatic rings. The maximum Gasteiger partial charge on any atom is 0.211 e. The van der Waals surface area contributed by atoms with Gasteiger partial charge in [0.05, 0.1) is 0 Å². The van der Waals surface area contributed by atoms with Crippen molar-refractivity contribution in [1.82, 2.24) is 5.43 Å². The van der Waals surface area contributed by atoms with Crippen molar-refractivity contribution >= 4 is 5.90 Å². The summed E-state index contributed by atoms with van der Waals surface area (Å²) in [7, 11) is 0. The highest BCUT2D eigenvalue weighted by atomic mass is 16.5. The van der Waals surface area contributed by atoms with Gasteiger partial charge in [-0.05, 0) is 25.7 Å². The first-order valence-corrected chi connectivity index (χ1v) is 5.43. The van der Waals surface area contributed by atoms with Crippen LogP contribution in [0.3, 0.4) is 0 Å². The maximum atomic E-state index is 5.81. The standard InChI is InChI=1S/C10H16N2O/c1-3-7(4-1)9-11-12-10(13-9)8-5-2-6-8/h7-9,11H,1-6H2. The second kappa shape index (κ2) is 2.89. The molecule has 0 spiro atoms. The minimum atomic E-state index is 0.212. The molecule has 0 aromatic heterocycles. The number of nitrogens with zero attached hydrogens (tertiary/aromatic N) is 1. The molecule has 1 atom stereocenters. The molecule has 3 heteroatoms. The molecule has 1 unspecified atom stereocenters. The predicted molar refractivity (Wildman–Crippen MR) is 50.1 cm³/mol. The van der Waals surface area contributed by atoms with Crippen LogP contribution in [0.25, 0.3) is 0 Å². The molecule has 0 amide bonds. The Bertz CT molecular complexity index is 231. The summed E-state index contributed by atoms with van der Waals surface area (Å²) in [5.41, 5.74) is 3.12. The van der Waals surface area contributed by atoms with Crippen LogP contribution in [0.1, 0.15) is 38.5 Å². The Morgan fingerprint density at radius 3 is 2.46 bits per heavy atom. The zero-order valence-electron chi connectivity index (χ0n) is 7.83. The molecule has 0 radical (unpaired) electrons. The second-order valence-corrected chi connectivity index (χ2v) is 4.44. The Morgan fingerprint density at radius 2 is 1.92 bits per heavy atom. The van der Waals surface area contributed by atoms with E-state index in [-0.39, 0.29) is 6.23 Å². The molecule has 0 bridgehead atoms. The molecular weight excluding hydrogens is 164 g/mol. The van der Waals surface area contributed by atoms with Crippen LogP contribution in [0.15, 0.2) is 5.10 Å². The maximum absolute atomic E-state index is 5.81. The van der Waals surface area contributed by atoms with Crippen LogP contribution in [0.4, 0.5) is 0 Å². The van der Waals surface area contributed by atoms with Gasteiger partial charge in [-0.2, -0.15) is 0 Å². The number of rotatable bonds is 2. The van der Waals surface area contributed by atoms with Gasteiger partial charge in [0, 0.05) is 11.8 Å². The van der Waals surface area contributed by atoms with Crippen molar-refractivity contribution in [2.45, 2.75) is 44.8 Å². The molecular formula is C10H16N2O. The van der Waals surface area contributed by atoms with E-state index in [4.69, 9.17) is 4.74 Å². The van der Waals surface area contributed by atoms with Crippen molar-refractivity contribution < 1.29 is 4.74 Å². The molecule has 3 nitrogen and oxygen atoms in total. The summed E-state index contributed by atoms with van der Waals surface area (Å²) >= 11 is 0. The summed E-state index contributed by atoms with van der Waals surface area (Å²) in [4.78, 5) is 0. The number of hydrogen-bond acceptors (Lipinski definition) is 3. The normalized spacial score (nSPS) is 34.2. The van der Waals surface area contributed by atoms with Crippen molar-refractivity contribution in [2.75, 3.05) is 0 Å². The van der Waals surface area contributed by atoms with E-state index in [1.807, 2.05) is 0 Å². The Kier molecular flexibility index (Phi) is 1.70. The summed E-state index contributed by atoms with van der Waals surface area (Å²) in [6.07, 6.45) is 8.10. The lowest BCUT2D eigenvalue weighted by Crippen LogP contribution is -2.36. The average Bonchev–Trinajstić information content (AvgIpc) is 2.29. The summed E-state index contributed by atoms with van der Waals surface area (Å²) in [6, 6.07) is 0. The quantitative estimate of drug-likeness (QED) is 0.703. The minimum Gasteiger partial charge on any atom is -0.454 e. The molecule has 3 rings (SSSR count). The van der Waals surface area contributed by atoms with E-state index in [2.05, 4.69) is 10.5 Å². The van der Waals surface area contributed by atoms with E-state index in [1.54, 1.807) is 0 Å². The fourth-order valence-electron chi connectivity index (χ4n) is 2.10. The third kappa shape index (κ3) is 1.21. The molecule has 0 saturated heterocycles.